The Bertz CT molecular complexity index is 117. The average Bonchev–Trinajstić information content (AvgIpc) is 2.17. The molecule has 0 rings (SSSR count). The summed E-state index contributed by atoms with van der Waals surface area (Å²) in [4.78, 5) is 0. The van der Waals surface area contributed by atoms with Crippen LogP contribution in [0.5, 0.6) is 0 Å². The first-order valence-corrected chi connectivity index (χ1v) is 5.05. The molecule has 0 aromatic carbocycles. The quantitative estimate of drug-likeness (QED) is 0.329. The van der Waals surface area contributed by atoms with Gasteiger partial charge in [-0.05, 0) is 32.1 Å². The van der Waals surface area contributed by atoms with Gasteiger partial charge in [-0.15, -0.1) is 0 Å². The van der Waals surface area contributed by atoms with Crippen molar-refractivity contribution in [3.05, 3.63) is 12.2 Å². The zero-order valence-electron chi connectivity index (χ0n) is 9.08. The van der Waals surface area contributed by atoms with Gasteiger partial charge >= 0.3 is 0 Å². The third-order valence-electron chi connectivity index (χ3n) is 1.99. The smallest absolute Gasteiger partial charge is 0.156 e. The molecule has 0 spiro atoms. The second kappa shape index (κ2) is 9.75. The van der Waals surface area contributed by atoms with Crippen molar-refractivity contribution in [2.75, 3.05) is 14.2 Å². The molecule has 0 N–H and O–H groups in total. The predicted molar refractivity (Wildman–Crippen MR) is 55.7 cm³/mol. The van der Waals surface area contributed by atoms with Crippen molar-refractivity contribution in [2.24, 2.45) is 0 Å². The third kappa shape index (κ3) is 8.00. The van der Waals surface area contributed by atoms with Gasteiger partial charge in [0.05, 0.1) is 0 Å². The Morgan fingerprint density at radius 1 is 1.08 bits per heavy atom. The van der Waals surface area contributed by atoms with Gasteiger partial charge in [0, 0.05) is 14.2 Å². The summed E-state index contributed by atoms with van der Waals surface area (Å²) < 4.78 is 10.2. The fraction of sp³-hybridized carbons (Fsp3) is 0.818. The van der Waals surface area contributed by atoms with Crippen LogP contribution in [0.1, 0.15) is 39.0 Å². The summed E-state index contributed by atoms with van der Waals surface area (Å²) in [5.41, 5.74) is 0. The molecule has 0 aromatic rings. The van der Waals surface area contributed by atoms with Gasteiger partial charge in [-0.1, -0.05) is 19.1 Å². The molecule has 0 aromatic heterocycles. The number of ether oxygens (including phenoxy) is 2. The van der Waals surface area contributed by atoms with Gasteiger partial charge in [0.1, 0.15) is 0 Å². The first kappa shape index (κ1) is 12.7. The summed E-state index contributed by atoms with van der Waals surface area (Å²) in [7, 11) is 3.37. The lowest BCUT2D eigenvalue weighted by Crippen LogP contribution is -2.12. The van der Waals surface area contributed by atoms with Crippen LogP contribution in [0.4, 0.5) is 0 Å². The van der Waals surface area contributed by atoms with E-state index in [-0.39, 0.29) is 6.29 Å². The summed E-state index contributed by atoms with van der Waals surface area (Å²) in [6.45, 7) is 2.16. The van der Waals surface area contributed by atoms with Crippen LogP contribution in [0.15, 0.2) is 12.2 Å². The van der Waals surface area contributed by atoms with E-state index in [4.69, 9.17) is 9.47 Å². The number of hydrogen-bond acceptors (Lipinski definition) is 2. The van der Waals surface area contributed by atoms with E-state index >= 15 is 0 Å². The highest BCUT2D eigenvalue weighted by atomic mass is 16.7. The van der Waals surface area contributed by atoms with E-state index in [0.29, 0.717) is 0 Å². The fourth-order valence-corrected chi connectivity index (χ4v) is 1.19. The molecular formula is C11H22O2. The Morgan fingerprint density at radius 2 is 1.77 bits per heavy atom. The summed E-state index contributed by atoms with van der Waals surface area (Å²) >= 11 is 0. The van der Waals surface area contributed by atoms with Gasteiger partial charge in [0.25, 0.3) is 0 Å². The van der Waals surface area contributed by atoms with Crippen LogP contribution in [-0.2, 0) is 9.47 Å². The standard InChI is InChI=1S/C11H22O2/c1-4-5-6-7-8-9-10-11(12-2)13-3/h5-6,11H,4,7-10H2,1-3H3. The van der Waals surface area contributed by atoms with Gasteiger partial charge in [-0.3, -0.25) is 0 Å². The monoisotopic (exact) mass is 186 g/mol. The number of rotatable bonds is 8. The summed E-state index contributed by atoms with van der Waals surface area (Å²) in [5, 5.41) is 0. The molecule has 0 aliphatic carbocycles. The van der Waals surface area contributed by atoms with E-state index in [1.54, 1.807) is 14.2 Å². The minimum absolute atomic E-state index is 0.0184. The van der Waals surface area contributed by atoms with Crippen molar-refractivity contribution in [2.45, 2.75) is 45.3 Å². The molecule has 0 saturated carbocycles. The number of unbranched alkanes of at least 4 members (excludes halogenated alkanes) is 2. The average molecular weight is 186 g/mol. The summed E-state index contributed by atoms with van der Waals surface area (Å²) in [5.74, 6) is 0. The molecular weight excluding hydrogens is 164 g/mol. The van der Waals surface area contributed by atoms with E-state index in [1.165, 1.54) is 19.3 Å². The lowest BCUT2D eigenvalue weighted by molar-refractivity contribution is -0.107. The second-order valence-corrected chi connectivity index (χ2v) is 3.07. The molecule has 0 heterocycles. The molecule has 0 bridgehead atoms. The first-order valence-electron chi connectivity index (χ1n) is 5.05. The molecule has 13 heavy (non-hydrogen) atoms. The Kier molecular flexibility index (Phi) is 9.49. The van der Waals surface area contributed by atoms with Crippen LogP contribution in [0.3, 0.4) is 0 Å². The summed E-state index contributed by atoms with van der Waals surface area (Å²) in [6, 6.07) is 0. The SMILES string of the molecule is CCC=CCCCCC(OC)OC. The number of allylic oxidation sites excluding steroid dienone is 2. The highest BCUT2D eigenvalue weighted by Gasteiger charge is 2.02. The number of hydrogen-bond donors (Lipinski definition) is 0. The Balaban J connectivity index is 3.19. The van der Waals surface area contributed by atoms with Crippen molar-refractivity contribution in [3.8, 4) is 0 Å². The Labute approximate surface area is 81.9 Å². The molecule has 78 valence electrons. The molecule has 0 fully saturated rings. The molecule has 0 unspecified atom stereocenters. The minimum Gasteiger partial charge on any atom is -0.356 e. The largest absolute Gasteiger partial charge is 0.356 e. The zero-order valence-corrected chi connectivity index (χ0v) is 9.08. The van der Waals surface area contributed by atoms with Gasteiger partial charge in [-0.2, -0.15) is 0 Å². The van der Waals surface area contributed by atoms with Crippen LogP contribution in [0.25, 0.3) is 0 Å². The van der Waals surface area contributed by atoms with Crippen molar-refractivity contribution in [3.63, 3.8) is 0 Å². The zero-order chi connectivity index (χ0) is 9.94. The van der Waals surface area contributed by atoms with Crippen LogP contribution in [0.2, 0.25) is 0 Å². The maximum absolute atomic E-state index is 5.09. The van der Waals surface area contributed by atoms with E-state index in [1.807, 2.05) is 0 Å². The molecule has 0 atom stereocenters. The Hall–Kier alpha value is -0.340. The van der Waals surface area contributed by atoms with Crippen LogP contribution in [0, 0.1) is 0 Å². The highest BCUT2D eigenvalue weighted by molar-refractivity contribution is 4.79. The molecule has 2 nitrogen and oxygen atoms in total. The predicted octanol–water partition coefficient (Wildman–Crippen LogP) is 3.13. The van der Waals surface area contributed by atoms with Gasteiger partial charge in [0.15, 0.2) is 6.29 Å². The lowest BCUT2D eigenvalue weighted by atomic mass is 10.2. The minimum atomic E-state index is -0.0184. The van der Waals surface area contributed by atoms with Crippen molar-refractivity contribution in [1.82, 2.24) is 0 Å². The van der Waals surface area contributed by atoms with E-state index in [0.717, 1.165) is 12.8 Å². The summed E-state index contributed by atoms with van der Waals surface area (Å²) in [6.07, 6.45) is 10.1. The molecule has 2 heteroatoms. The maximum atomic E-state index is 5.09. The molecule has 0 radical (unpaired) electrons. The molecule has 0 aliphatic heterocycles. The van der Waals surface area contributed by atoms with Gasteiger partial charge in [0.2, 0.25) is 0 Å². The van der Waals surface area contributed by atoms with Crippen LogP contribution in [-0.4, -0.2) is 20.5 Å². The van der Waals surface area contributed by atoms with Crippen LogP contribution >= 0.6 is 0 Å². The van der Waals surface area contributed by atoms with Crippen molar-refractivity contribution in [1.29, 1.82) is 0 Å². The molecule has 0 amide bonds. The third-order valence-corrected chi connectivity index (χ3v) is 1.99. The topological polar surface area (TPSA) is 18.5 Å². The van der Waals surface area contributed by atoms with Gasteiger partial charge < -0.3 is 9.47 Å². The molecule has 0 saturated heterocycles. The fourth-order valence-electron chi connectivity index (χ4n) is 1.19. The van der Waals surface area contributed by atoms with Crippen LogP contribution < -0.4 is 0 Å². The lowest BCUT2D eigenvalue weighted by Gasteiger charge is -2.11. The highest BCUT2D eigenvalue weighted by Crippen LogP contribution is 2.07. The normalized spacial score (nSPS) is 11.7. The van der Waals surface area contributed by atoms with Crippen molar-refractivity contribution < 1.29 is 9.47 Å². The van der Waals surface area contributed by atoms with E-state index in [2.05, 4.69) is 19.1 Å². The van der Waals surface area contributed by atoms with E-state index < -0.39 is 0 Å². The first-order chi connectivity index (χ1) is 6.35. The number of methoxy groups -OCH3 is 2. The Morgan fingerprint density at radius 3 is 2.31 bits per heavy atom. The molecule has 0 aliphatic rings. The maximum Gasteiger partial charge on any atom is 0.156 e. The van der Waals surface area contributed by atoms with E-state index in [9.17, 15) is 0 Å². The van der Waals surface area contributed by atoms with Gasteiger partial charge in [-0.25, -0.2) is 0 Å². The van der Waals surface area contributed by atoms with Crippen molar-refractivity contribution >= 4 is 0 Å². The second-order valence-electron chi connectivity index (χ2n) is 3.07.